The highest BCUT2D eigenvalue weighted by molar-refractivity contribution is 7.92. The van der Waals surface area contributed by atoms with Crippen molar-refractivity contribution in [3.8, 4) is 0 Å². The first-order valence-corrected chi connectivity index (χ1v) is 13.3. The maximum atomic E-state index is 12.9. The van der Waals surface area contributed by atoms with Crippen LogP contribution in [0.1, 0.15) is 43.0 Å². The van der Waals surface area contributed by atoms with Gasteiger partial charge >= 0.3 is 0 Å². The first-order valence-electron chi connectivity index (χ1n) is 10.2. The first-order chi connectivity index (χ1) is 14.7. The second-order valence-electron chi connectivity index (χ2n) is 7.44. The molecule has 0 aromatic heterocycles. The van der Waals surface area contributed by atoms with Crippen LogP contribution in [0.15, 0.2) is 53.4 Å². The second kappa shape index (κ2) is 9.80. The summed E-state index contributed by atoms with van der Waals surface area (Å²) in [6.07, 6.45) is 3.21. The molecule has 1 aliphatic heterocycles. The van der Waals surface area contributed by atoms with E-state index in [0.717, 1.165) is 19.3 Å². The van der Waals surface area contributed by atoms with Crippen LogP contribution in [0, 0.1) is 0 Å². The summed E-state index contributed by atoms with van der Waals surface area (Å²) in [5, 5.41) is 2.71. The zero-order valence-corrected chi connectivity index (χ0v) is 19.0. The lowest BCUT2D eigenvalue weighted by molar-refractivity contribution is 0.102. The fourth-order valence-corrected chi connectivity index (χ4v) is 6.07. The molecule has 0 aliphatic carbocycles. The molecule has 0 atom stereocenters. The van der Waals surface area contributed by atoms with Crippen LogP contribution in [0.3, 0.4) is 0 Å². The summed E-state index contributed by atoms with van der Waals surface area (Å²) in [6, 6.07) is 12.3. The van der Waals surface area contributed by atoms with Crippen LogP contribution in [-0.4, -0.2) is 45.9 Å². The minimum absolute atomic E-state index is 0.0299. The van der Waals surface area contributed by atoms with Crippen molar-refractivity contribution in [2.24, 2.45) is 0 Å². The van der Waals surface area contributed by atoms with Crippen LogP contribution in [0.2, 0.25) is 0 Å². The zero-order chi connectivity index (χ0) is 22.5. The zero-order valence-electron chi connectivity index (χ0n) is 17.4. The predicted molar refractivity (Wildman–Crippen MR) is 121 cm³/mol. The van der Waals surface area contributed by atoms with Gasteiger partial charge in [0, 0.05) is 30.0 Å². The van der Waals surface area contributed by atoms with Gasteiger partial charge in [-0.2, -0.15) is 4.31 Å². The number of piperidine rings is 1. The molecule has 0 saturated carbocycles. The molecule has 0 bridgehead atoms. The monoisotopic (exact) mass is 465 g/mol. The maximum absolute atomic E-state index is 12.9. The van der Waals surface area contributed by atoms with Crippen LogP contribution in [-0.2, 0) is 20.0 Å². The molecule has 10 heteroatoms. The molecule has 168 valence electrons. The van der Waals surface area contributed by atoms with Gasteiger partial charge < -0.3 is 5.32 Å². The quantitative estimate of drug-likeness (QED) is 0.621. The van der Waals surface area contributed by atoms with Crippen molar-refractivity contribution in [1.29, 1.82) is 0 Å². The summed E-state index contributed by atoms with van der Waals surface area (Å²) in [6.45, 7) is 2.77. The normalized spacial score (nSPS) is 15.4. The lowest BCUT2D eigenvalue weighted by Crippen LogP contribution is -2.35. The Morgan fingerprint density at radius 1 is 0.935 bits per heavy atom. The Balaban J connectivity index is 1.70. The van der Waals surface area contributed by atoms with Gasteiger partial charge in [0.15, 0.2) is 0 Å². The van der Waals surface area contributed by atoms with Crippen molar-refractivity contribution in [1.82, 2.24) is 4.31 Å². The minimum atomic E-state index is -3.63. The van der Waals surface area contributed by atoms with Gasteiger partial charge in [0.25, 0.3) is 5.91 Å². The van der Waals surface area contributed by atoms with Crippen LogP contribution in [0.4, 0.5) is 11.4 Å². The molecule has 3 rings (SSSR count). The van der Waals surface area contributed by atoms with Crippen molar-refractivity contribution in [2.45, 2.75) is 37.5 Å². The molecule has 2 N–H and O–H groups in total. The molecule has 1 fully saturated rings. The van der Waals surface area contributed by atoms with Crippen LogP contribution >= 0.6 is 0 Å². The first kappa shape index (κ1) is 23.2. The van der Waals surface area contributed by atoms with E-state index in [1.165, 1.54) is 16.4 Å². The van der Waals surface area contributed by atoms with E-state index in [4.69, 9.17) is 0 Å². The fourth-order valence-electron chi connectivity index (χ4n) is 3.38. The standard InChI is InChI=1S/C21H27N3O5S2/c1-2-15-30(26,27)23-19-11-9-18(10-12-19)22-21(25)17-7-6-8-20(16-17)31(28,29)24-13-4-3-5-14-24/h6-12,16,23H,2-5,13-15H2,1H3,(H,22,25). The summed E-state index contributed by atoms with van der Waals surface area (Å²) in [5.41, 5.74) is 1.10. The Hall–Kier alpha value is -2.43. The molecular formula is C21H27N3O5S2. The van der Waals surface area contributed by atoms with Gasteiger partial charge in [-0.25, -0.2) is 16.8 Å². The average molecular weight is 466 g/mol. The molecule has 2 aromatic rings. The van der Waals surface area contributed by atoms with Gasteiger partial charge in [0.1, 0.15) is 0 Å². The van der Waals surface area contributed by atoms with Gasteiger partial charge in [-0.15, -0.1) is 0 Å². The third-order valence-corrected chi connectivity index (χ3v) is 8.33. The van der Waals surface area contributed by atoms with Gasteiger partial charge in [0.2, 0.25) is 20.0 Å². The number of benzene rings is 2. The van der Waals surface area contributed by atoms with Crippen molar-refractivity contribution in [3.63, 3.8) is 0 Å². The number of hydrogen-bond donors (Lipinski definition) is 2. The van der Waals surface area contributed by atoms with Gasteiger partial charge in [0.05, 0.1) is 10.6 Å². The number of anilines is 2. The summed E-state index contributed by atoms with van der Waals surface area (Å²) >= 11 is 0. The minimum Gasteiger partial charge on any atom is -0.322 e. The third-order valence-electron chi connectivity index (χ3n) is 4.94. The maximum Gasteiger partial charge on any atom is 0.255 e. The molecule has 8 nitrogen and oxygen atoms in total. The Morgan fingerprint density at radius 3 is 2.23 bits per heavy atom. The highest BCUT2D eigenvalue weighted by Gasteiger charge is 2.26. The second-order valence-corrected chi connectivity index (χ2v) is 11.2. The molecule has 31 heavy (non-hydrogen) atoms. The van der Waals surface area contributed by atoms with Crippen molar-refractivity contribution in [2.75, 3.05) is 28.9 Å². The number of rotatable bonds is 8. The fraction of sp³-hybridized carbons (Fsp3) is 0.381. The summed E-state index contributed by atoms with van der Waals surface area (Å²) < 4.78 is 53.3. The molecule has 0 unspecified atom stereocenters. The van der Waals surface area contributed by atoms with Gasteiger partial charge in [-0.1, -0.05) is 19.4 Å². The topological polar surface area (TPSA) is 113 Å². The number of carbonyl (C=O) groups is 1. The SMILES string of the molecule is CCCS(=O)(=O)Nc1ccc(NC(=O)c2cccc(S(=O)(=O)N3CCCCC3)c2)cc1. The summed E-state index contributed by atoms with van der Waals surface area (Å²) in [5.74, 6) is -0.419. The molecule has 1 saturated heterocycles. The van der Waals surface area contributed by atoms with Crippen molar-refractivity contribution in [3.05, 3.63) is 54.1 Å². The lowest BCUT2D eigenvalue weighted by atomic mass is 10.2. The summed E-state index contributed by atoms with van der Waals surface area (Å²) in [4.78, 5) is 12.7. The van der Waals surface area contributed by atoms with Gasteiger partial charge in [-0.05, 0) is 61.7 Å². The van der Waals surface area contributed by atoms with E-state index in [-0.39, 0.29) is 16.2 Å². The van der Waals surface area contributed by atoms with Crippen LogP contribution in [0.5, 0.6) is 0 Å². The Kier molecular flexibility index (Phi) is 7.34. The van der Waals surface area contributed by atoms with E-state index in [9.17, 15) is 21.6 Å². The molecule has 1 aliphatic rings. The molecule has 0 radical (unpaired) electrons. The van der Waals surface area contributed by atoms with E-state index in [1.807, 2.05) is 0 Å². The smallest absolute Gasteiger partial charge is 0.255 e. The van der Waals surface area contributed by atoms with Crippen molar-refractivity contribution >= 4 is 37.3 Å². The van der Waals surface area contributed by atoms with E-state index in [1.54, 1.807) is 43.3 Å². The number of nitrogens with one attached hydrogen (secondary N) is 2. The Morgan fingerprint density at radius 2 is 1.58 bits per heavy atom. The number of carbonyl (C=O) groups excluding carboxylic acids is 1. The van der Waals surface area contributed by atoms with E-state index < -0.39 is 26.0 Å². The highest BCUT2D eigenvalue weighted by Crippen LogP contribution is 2.22. The van der Waals surface area contributed by atoms with E-state index >= 15 is 0 Å². The molecule has 1 amide bonds. The van der Waals surface area contributed by atoms with Crippen molar-refractivity contribution < 1.29 is 21.6 Å². The van der Waals surface area contributed by atoms with Crippen LogP contribution < -0.4 is 10.0 Å². The number of sulfonamides is 2. The lowest BCUT2D eigenvalue weighted by Gasteiger charge is -2.26. The number of nitrogens with zero attached hydrogens (tertiary/aromatic N) is 1. The van der Waals surface area contributed by atoms with E-state index in [2.05, 4.69) is 10.0 Å². The number of hydrogen-bond acceptors (Lipinski definition) is 5. The molecule has 0 spiro atoms. The third kappa shape index (κ3) is 6.05. The largest absolute Gasteiger partial charge is 0.322 e. The Bertz CT molecular complexity index is 1120. The predicted octanol–water partition coefficient (Wildman–Crippen LogP) is 3.27. The van der Waals surface area contributed by atoms with Crippen LogP contribution in [0.25, 0.3) is 0 Å². The molecule has 1 heterocycles. The average Bonchev–Trinajstić information content (AvgIpc) is 2.75. The molecular weight excluding hydrogens is 438 g/mol. The van der Waals surface area contributed by atoms with E-state index in [0.29, 0.717) is 30.9 Å². The van der Waals surface area contributed by atoms with Gasteiger partial charge in [-0.3, -0.25) is 9.52 Å². The summed E-state index contributed by atoms with van der Waals surface area (Å²) in [7, 11) is -7.02. The Labute approximate surface area is 183 Å². The number of amides is 1. The molecule has 2 aromatic carbocycles. The highest BCUT2D eigenvalue weighted by atomic mass is 32.2.